The van der Waals surface area contributed by atoms with Crippen molar-refractivity contribution in [3.05, 3.63) is 12.7 Å². The van der Waals surface area contributed by atoms with Crippen molar-refractivity contribution in [1.82, 2.24) is 10.6 Å². The van der Waals surface area contributed by atoms with Crippen LogP contribution in [-0.2, 0) is 9.59 Å². The molecule has 1 saturated carbocycles. The standard InChI is InChI=1S/C15H26N2O2/c1-7-12-9-15(8-10(12)2,16-11(3)18)13(19)17-14(4,5)6/h7,10,12H,1,8-9H2,2-6H3,(H,16,18)(H,17,19)/t10-,12-,15+/m0/s1. The van der Waals surface area contributed by atoms with Gasteiger partial charge in [0.1, 0.15) is 5.54 Å². The Morgan fingerprint density at radius 3 is 2.26 bits per heavy atom. The van der Waals surface area contributed by atoms with E-state index in [1.807, 2.05) is 26.8 Å². The maximum atomic E-state index is 12.6. The van der Waals surface area contributed by atoms with Gasteiger partial charge in [0.2, 0.25) is 11.8 Å². The third kappa shape index (κ3) is 3.82. The monoisotopic (exact) mass is 266 g/mol. The van der Waals surface area contributed by atoms with Gasteiger partial charge in [-0.1, -0.05) is 13.0 Å². The van der Waals surface area contributed by atoms with Crippen molar-refractivity contribution in [3.8, 4) is 0 Å². The van der Waals surface area contributed by atoms with Gasteiger partial charge in [-0.15, -0.1) is 6.58 Å². The molecule has 1 aliphatic carbocycles. The Kier molecular flexibility index (Phi) is 4.43. The second-order valence-corrected chi connectivity index (χ2v) is 6.75. The zero-order chi connectivity index (χ0) is 14.8. The summed E-state index contributed by atoms with van der Waals surface area (Å²) in [5, 5.41) is 5.86. The number of allylic oxidation sites excluding steroid dienone is 1. The Morgan fingerprint density at radius 1 is 1.32 bits per heavy atom. The second-order valence-electron chi connectivity index (χ2n) is 6.75. The van der Waals surface area contributed by atoms with Crippen LogP contribution < -0.4 is 10.6 Å². The number of carbonyl (C=O) groups excluding carboxylic acids is 2. The van der Waals surface area contributed by atoms with Crippen LogP contribution in [0.2, 0.25) is 0 Å². The minimum absolute atomic E-state index is 0.0913. The average molecular weight is 266 g/mol. The summed E-state index contributed by atoms with van der Waals surface area (Å²) in [5.41, 5.74) is -1.10. The molecule has 2 amide bonds. The van der Waals surface area contributed by atoms with E-state index in [0.29, 0.717) is 18.8 Å². The lowest BCUT2D eigenvalue weighted by Gasteiger charge is -2.33. The Morgan fingerprint density at radius 2 is 1.89 bits per heavy atom. The summed E-state index contributed by atoms with van der Waals surface area (Å²) in [6.45, 7) is 13.2. The van der Waals surface area contributed by atoms with Crippen molar-refractivity contribution in [3.63, 3.8) is 0 Å². The van der Waals surface area contributed by atoms with Crippen molar-refractivity contribution >= 4 is 11.8 Å². The summed E-state index contributed by atoms with van der Waals surface area (Å²) < 4.78 is 0. The van der Waals surface area contributed by atoms with Crippen LogP contribution in [0.3, 0.4) is 0 Å². The highest BCUT2D eigenvalue weighted by Gasteiger charge is 2.49. The van der Waals surface area contributed by atoms with Crippen LogP contribution in [0, 0.1) is 11.8 Å². The van der Waals surface area contributed by atoms with E-state index in [-0.39, 0.29) is 23.3 Å². The first-order chi connectivity index (χ1) is 8.59. The first-order valence-corrected chi connectivity index (χ1v) is 6.83. The van der Waals surface area contributed by atoms with Crippen molar-refractivity contribution in [2.75, 3.05) is 0 Å². The number of nitrogens with one attached hydrogen (secondary N) is 2. The zero-order valence-electron chi connectivity index (χ0n) is 12.7. The fourth-order valence-corrected chi connectivity index (χ4v) is 2.84. The summed E-state index contributed by atoms with van der Waals surface area (Å²) in [6, 6.07) is 0. The summed E-state index contributed by atoms with van der Waals surface area (Å²) >= 11 is 0. The normalized spacial score (nSPS) is 30.8. The van der Waals surface area contributed by atoms with Crippen LogP contribution in [0.5, 0.6) is 0 Å². The molecule has 4 heteroatoms. The smallest absolute Gasteiger partial charge is 0.246 e. The molecule has 4 nitrogen and oxygen atoms in total. The maximum absolute atomic E-state index is 12.6. The summed E-state index contributed by atoms with van der Waals surface area (Å²) in [5.74, 6) is 0.347. The van der Waals surface area contributed by atoms with E-state index in [1.165, 1.54) is 6.92 Å². The molecule has 0 saturated heterocycles. The van der Waals surface area contributed by atoms with Gasteiger partial charge in [0, 0.05) is 12.5 Å². The Balaban J connectivity index is 2.98. The highest BCUT2D eigenvalue weighted by molar-refractivity contribution is 5.91. The first-order valence-electron chi connectivity index (χ1n) is 6.83. The SMILES string of the molecule is C=C[C@H]1C[C@@](NC(C)=O)(C(=O)NC(C)(C)C)C[C@@H]1C. The van der Waals surface area contributed by atoms with Gasteiger partial charge in [-0.3, -0.25) is 9.59 Å². The van der Waals surface area contributed by atoms with E-state index in [4.69, 9.17) is 0 Å². The van der Waals surface area contributed by atoms with Gasteiger partial charge in [-0.05, 0) is 45.4 Å². The lowest BCUT2D eigenvalue weighted by Crippen LogP contribution is -2.60. The van der Waals surface area contributed by atoms with E-state index in [2.05, 4.69) is 24.1 Å². The molecule has 0 aliphatic heterocycles. The highest BCUT2D eigenvalue weighted by atomic mass is 16.2. The Labute approximate surface area is 116 Å². The number of hydrogen-bond donors (Lipinski definition) is 2. The van der Waals surface area contributed by atoms with Crippen LogP contribution >= 0.6 is 0 Å². The molecule has 0 aromatic rings. The van der Waals surface area contributed by atoms with Crippen molar-refractivity contribution in [1.29, 1.82) is 0 Å². The molecular formula is C15H26N2O2. The molecule has 2 N–H and O–H groups in total. The van der Waals surface area contributed by atoms with E-state index < -0.39 is 5.54 Å². The average Bonchev–Trinajstić information content (AvgIpc) is 2.52. The molecule has 1 fully saturated rings. The topological polar surface area (TPSA) is 58.2 Å². The molecular weight excluding hydrogens is 240 g/mol. The van der Waals surface area contributed by atoms with Crippen LogP contribution in [0.25, 0.3) is 0 Å². The van der Waals surface area contributed by atoms with Gasteiger partial charge in [0.05, 0.1) is 0 Å². The highest BCUT2D eigenvalue weighted by Crippen LogP contribution is 2.40. The molecule has 0 radical (unpaired) electrons. The van der Waals surface area contributed by atoms with E-state index in [0.717, 1.165) is 0 Å². The lowest BCUT2D eigenvalue weighted by atomic mass is 9.92. The van der Waals surface area contributed by atoms with Crippen LogP contribution in [0.15, 0.2) is 12.7 Å². The van der Waals surface area contributed by atoms with Gasteiger partial charge < -0.3 is 10.6 Å². The molecule has 0 spiro atoms. The van der Waals surface area contributed by atoms with Gasteiger partial charge in [0.25, 0.3) is 0 Å². The molecule has 19 heavy (non-hydrogen) atoms. The van der Waals surface area contributed by atoms with Gasteiger partial charge in [-0.2, -0.15) is 0 Å². The molecule has 1 aliphatic rings. The lowest BCUT2D eigenvalue weighted by molar-refractivity contribution is -0.134. The van der Waals surface area contributed by atoms with Gasteiger partial charge >= 0.3 is 0 Å². The van der Waals surface area contributed by atoms with E-state index >= 15 is 0 Å². The minimum atomic E-state index is -0.794. The predicted octanol–water partition coefficient (Wildman–Crippen LogP) is 2.01. The summed E-state index contributed by atoms with van der Waals surface area (Å²) in [7, 11) is 0. The molecule has 0 bridgehead atoms. The third-order valence-electron chi connectivity index (χ3n) is 3.63. The number of hydrogen-bond acceptors (Lipinski definition) is 2. The quantitative estimate of drug-likeness (QED) is 0.768. The van der Waals surface area contributed by atoms with Crippen LogP contribution in [0.1, 0.15) is 47.5 Å². The molecule has 1 rings (SSSR count). The third-order valence-corrected chi connectivity index (χ3v) is 3.63. The van der Waals surface area contributed by atoms with Gasteiger partial charge in [0.15, 0.2) is 0 Å². The number of carbonyl (C=O) groups is 2. The van der Waals surface area contributed by atoms with E-state index in [9.17, 15) is 9.59 Å². The fourth-order valence-electron chi connectivity index (χ4n) is 2.84. The Bertz CT molecular complexity index is 384. The van der Waals surface area contributed by atoms with Crippen LogP contribution in [-0.4, -0.2) is 22.9 Å². The predicted molar refractivity (Wildman–Crippen MR) is 76.5 cm³/mol. The molecule has 0 aromatic carbocycles. The summed E-state index contributed by atoms with van der Waals surface area (Å²) in [4.78, 5) is 24.0. The van der Waals surface area contributed by atoms with Crippen molar-refractivity contribution in [2.24, 2.45) is 11.8 Å². The molecule has 0 aromatic heterocycles. The van der Waals surface area contributed by atoms with E-state index in [1.54, 1.807) is 0 Å². The minimum Gasteiger partial charge on any atom is -0.349 e. The van der Waals surface area contributed by atoms with Crippen LogP contribution in [0.4, 0.5) is 0 Å². The maximum Gasteiger partial charge on any atom is 0.246 e. The number of rotatable bonds is 3. The Hall–Kier alpha value is -1.32. The molecule has 108 valence electrons. The molecule has 3 atom stereocenters. The number of amides is 2. The largest absolute Gasteiger partial charge is 0.349 e. The fraction of sp³-hybridized carbons (Fsp3) is 0.733. The van der Waals surface area contributed by atoms with Crippen molar-refractivity contribution < 1.29 is 9.59 Å². The second kappa shape index (κ2) is 5.35. The molecule has 0 heterocycles. The van der Waals surface area contributed by atoms with Gasteiger partial charge in [-0.25, -0.2) is 0 Å². The summed E-state index contributed by atoms with van der Waals surface area (Å²) in [6.07, 6.45) is 3.17. The first kappa shape index (κ1) is 15.7. The van der Waals surface area contributed by atoms with Crippen molar-refractivity contribution in [2.45, 2.75) is 58.5 Å². The zero-order valence-corrected chi connectivity index (χ0v) is 12.7. The molecule has 0 unspecified atom stereocenters.